The van der Waals surface area contributed by atoms with Crippen molar-refractivity contribution in [3.63, 3.8) is 0 Å². The molecule has 2 rings (SSSR count). The number of nitrogens with one attached hydrogen (secondary N) is 1. The number of rotatable bonds is 6. The van der Waals surface area contributed by atoms with E-state index < -0.39 is 0 Å². The molecule has 1 aliphatic heterocycles. The molecule has 0 spiro atoms. The Morgan fingerprint density at radius 3 is 2.68 bits per heavy atom. The topological polar surface area (TPSA) is 44.3 Å². The highest BCUT2D eigenvalue weighted by Gasteiger charge is 2.15. The Kier molecular flexibility index (Phi) is 5.39. The molecular weight excluding hydrogens is 238 g/mol. The summed E-state index contributed by atoms with van der Waals surface area (Å²) in [7, 11) is 2.16. The number of unbranched alkanes of at least 4 members (excludes halogenated alkanes) is 2. The van der Waals surface area contributed by atoms with Gasteiger partial charge in [-0.25, -0.2) is 9.97 Å². The Bertz CT molecular complexity index is 374. The standard InChI is InChI=1S/C14H25N5/c1-3-4-5-6-15-13-11-14(17-12-16-13)19-9-7-18(2)8-10-19/h11-12H,3-10H2,1-2H3,(H,15,16,17). The van der Waals surface area contributed by atoms with Gasteiger partial charge in [-0.1, -0.05) is 19.8 Å². The maximum atomic E-state index is 4.39. The molecule has 2 heterocycles. The van der Waals surface area contributed by atoms with Crippen molar-refractivity contribution in [2.24, 2.45) is 0 Å². The SMILES string of the molecule is CCCCCNc1cc(N2CCN(C)CC2)ncn1. The number of nitrogens with zero attached hydrogens (tertiary/aromatic N) is 4. The van der Waals surface area contributed by atoms with Crippen molar-refractivity contribution in [3.05, 3.63) is 12.4 Å². The van der Waals surface area contributed by atoms with Crippen LogP contribution in [0.5, 0.6) is 0 Å². The van der Waals surface area contributed by atoms with Crippen LogP contribution in [0, 0.1) is 0 Å². The van der Waals surface area contributed by atoms with Gasteiger partial charge in [0.2, 0.25) is 0 Å². The zero-order chi connectivity index (χ0) is 13.5. The lowest BCUT2D eigenvalue weighted by atomic mass is 10.2. The van der Waals surface area contributed by atoms with Gasteiger partial charge in [0.05, 0.1) is 0 Å². The van der Waals surface area contributed by atoms with Crippen molar-refractivity contribution >= 4 is 11.6 Å². The van der Waals surface area contributed by atoms with Gasteiger partial charge in [0.1, 0.15) is 18.0 Å². The summed E-state index contributed by atoms with van der Waals surface area (Å²) in [6.07, 6.45) is 5.38. The third-order valence-electron chi connectivity index (χ3n) is 3.57. The Balaban J connectivity index is 1.87. The van der Waals surface area contributed by atoms with Crippen molar-refractivity contribution in [3.8, 4) is 0 Å². The molecule has 0 aromatic carbocycles. The zero-order valence-electron chi connectivity index (χ0n) is 12.1. The monoisotopic (exact) mass is 263 g/mol. The van der Waals surface area contributed by atoms with E-state index in [9.17, 15) is 0 Å². The molecule has 19 heavy (non-hydrogen) atoms. The average molecular weight is 263 g/mol. The van der Waals surface area contributed by atoms with Gasteiger partial charge in [-0.15, -0.1) is 0 Å². The van der Waals surface area contributed by atoms with E-state index in [1.165, 1.54) is 19.3 Å². The molecule has 5 heteroatoms. The summed E-state index contributed by atoms with van der Waals surface area (Å²) in [4.78, 5) is 13.4. The van der Waals surface area contributed by atoms with Crippen LogP contribution in [-0.4, -0.2) is 54.6 Å². The van der Waals surface area contributed by atoms with Crippen LogP contribution in [0.2, 0.25) is 0 Å². The lowest BCUT2D eigenvalue weighted by molar-refractivity contribution is 0.312. The van der Waals surface area contributed by atoms with Gasteiger partial charge in [-0.3, -0.25) is 0 Å². The largest absolute Gasteiger partial charge is 0.370 e. The average Bonchev–Trinajstić information content (AvgIpc) is 2.45. The molecule has 0 aliphatic carbocycles. The fourth-order valence-corrected chi connectivity index (χ4v) is 2.24. The second-order valence-corrected chi connectivity index (χ2v) is 5.19. The summed E-state index contributed by atoms with van der Waals surface area (Å²) in [6, 6.07) is 2.07. The van der Waals surface area contributed by atoms with E-state index in [1.807, 2.05) is 0 Å². The molecule has 0 radical (unpaired) electrons. The van der Waals surface area contributed by atoms with E-state index in [4.69, 9.17) is 0 Å². The van der Waals surface area contributed by atoms with Crippen LogP contribution >= 0.6 is 0 Å². The maximum Gasteiger partial charge on any atom is 0.134 e. The van der Waals surface area contributed by atoms with Crippen molar-refractivity contribution in [1.82, 2.24) is 14.9 Å². The molecule has 0 atom stereocenters. The maximum absolute atomic E-state index is 4.39. The predicted molar refractivity (Wildman–Crippen MR) is 79.8 cm³/mol. The lowest BCUT2D eigenvalue weighted by Gasteiger charge is -2.33. The third kappa shape index (κ3) is 4.35. The highest BCUT2D eigenvalue weighted by molar-refractivity contribution is 5.48. The van der Waals surface area contributed by atoms with Gasteiger partial charge in [-0.05, 0) is 13.5 Å². The first-order chi connectivity index (χ1) is 9.29. The molecule has 0 unspecified atom stereocenters. The van der Waals surface area contributed by atoms with Crippen LogP contribution in [0.3, 0.4) is 0 Å². The van der Waals surface area contributed by atoms with Gasteiger partial charge in [0.25, 0.3) is 0 Å². The molecule has 0 saturated carbocycles. The minimum Gasteiger partial charge on any atom is -0.370 e. The third-order valence-corrected chi connectivity index (χ3v) is 3.57. The second-order valence-electron chi connectivity index (χ2n) is 5.19. The van der Waals surface area contributed by atoms with Crippen LogP contribution in [0.4, 0.5) is 11.6 Å². The summed E-state index contributed by atoms with van der Waals surface area (Å²) in [5.74, 6) is 1.99. The molecule has 106 valence electrons. The second kappa shape index (κ2) is 7.28. The molecule has 0 bridgehead atoms. The van der Waals surface area contributed by atoms with Crippen LogP contribution in [0.25, 0.3) is 0 Å². The number of likely N-dealkylation sites (N-methyl/N-ethyl adjacent to an activating group) is 1. The van der Waals surface area contributed by atoms with E-state index in [0.29, 0.717) is 0 Å². The summed E-state index contributed by atoms with van der Waals surface area (Å²) < 4.78 is 0. The number of piperazine rings is 1. The van der Waals surface area contributed by atoms with Crippen LogP contribution < -0.4 is 10.2 Å². The van der Waals surface area contributed by atoms with Gasteiger partial charge < -0.3 is 15.1 Å². The minimum atomic E-state index is 0.944. The van der Waals surface area contributed by atoms with E-state index in [0.717, 1.165) is 44.4 Å². The predicted octanol–water partition coefficient (Wildman–Crippen LogP) is 1.83. The zero-order valence-corrected chi connectivity index (χ0v) is 12.1. The van der Waals surface area contributed by atoms with Gasteiger partial charge in [0.15, 0.2) is 0 Å². The Labute approximate surface area is 116 Å². The molecule has 1 fully saturated rings. The Morgan fingerprint density at radius 1 is 1.16 bits per heavy atom. The first-order valence-corrected chi connectivity index (χ1v) is 7.29. The first-order valence-electron chi connectivity index (χ1n) is 7.29. The summed E-state index contributed by atoms with van der Waals surface area (Å²) >= 11 is 0. The van der Waals surface area contributed by atoms with E-state index in [2.05, 4.69) is 45.1 Å². The Morgan fingerprint density at radius 2 is 1.95 bits per heavy atom. The summed E-state index contributed by atoms with van der Waals surface area (Å²) in [6.45, 7) is 7.50. The van der Waals surface area contributed by atoms with E-state index >= 15 is 0 Å². The molecule has 1 aliphatic rings. The van der Waals surface area contributed by atoms with E-state index in [1.54, 1.807) is 6.33 Å². The van der Waals surface area contributed by atoms with Gasteiger partial charge in [0, 0.05) is 38.8 Å². The fraction of sp³-hybridized carbons (Fsp3) is 0.714. The molecule has 5 nitrogen and oxygen atoms in total. The summed E-state index contributed by atoms with van der Waals surface area (Å²) in [5, 5.41) is 3.38. The highest BCUT2D eigenvalue weighted by atomic mass is 15.3. The molecular formula is C14H25N5. The normalized spacial score (nSPS) is 16.6. The fourth-order valence-electron chi connectivity index (χ4n) is 2.24. The molecule has 1 N–H and O–H groups in total. The molecule has 1 aromatic rings. The van der Waals surface area contributed by atoms with Crippen molar-refractivity contribution in [1.29, 1.82) is 0 Å². The van der Waals surface area contributed by atoms with Gasteiger partial charge in [-0.2, -0.15) is 0 Å². The highest BCUT2D eigenvalue weighted by Crippen LogP contribution is 2.15. The number of hydrogen-bond acceptors (Lipinski definition) is 5. The van der Waals surface area contributed by atoms with Crippen LogP contribution in [-0.2, 0) is 0 Å². The molecule has 1 aromatic heterocycles. The van der Waals surface area contributed by atoms with Crippen LogP contribution in [0.15, 0.2) is 12.4 Å². The van der Waals surface area contributed by atoms with Crippen molar-refractivity contribution in [2.45, 2.75) is 26.2 Å². The van der Waals surface area contributed by atoms with Crippen LogP contribution in [0.1, 0.15) is 26.2 Å². The molecule has 1 saturated heterocycles. The summed E-state index contributed by atoms with van der Waals surface area (Å²) in [5.41, 5.74) is 0. The Hall–Kier alpha value is -1.36. The van der Waals surface area contributed by atoms with Gasteiger partial charge >= 0.3 is 0 Å². The van der Waals surface area contributed by atoms with Crippen molar-refractivity contribution < 1.29 is 0 Å². The quantitative estimate of drug-likeness (QED) is 0.793. The molecule has 0 amide bonds. The smallest absolute Gasteiger partial charge is 0.134 e. The van der Waals surface area contributed by atoms with E-state index in [-0.39, 0.29) is 0 Å². The van der Waals surface area contributed by atoms with Crippen molar-refractivity contribution in [2.75, 3.05) is 50.0 Å². The first kappa shape index (κ1) is 14.1. The number of anilines is 2. The number of aromatic nitrogens is 2. The lowest BCUT2D eigenvalue weighted by Crippen LogP contribution is -2.44. The minimum absolute atomic E-state index is 0.944. The number of hydrogen-bond donors (Lipinski definition) is 1.